The Morgan fingerprint density at radius 2 is 1.67 bits per heavy atom. The van der Waals surface area contributed by atoms with Gasteiger partial charge in [0, 0.05) is 37.8 Å². The lowest BCUT2D eigenvalue weighted by Crippen LogP contribution is -2.48. The lowest BCUT2D eigenvalue weighted by atomic mass is 9.80. The Hall–Kier alpha value is -0.480. The summed E-state index contributed by atoms with van der Waals surface area (Å²) in [5.41, 5.74) is 1.49. The maximum absolute atomic E-state index is 5.57. The highest BCUT2D eigenvalue weighted by Gasteiger charge is 2.34. The maximum Gasteiger partial charge on any atom is 0.123 e. The number of piperazine rings is 1. The lowest BCUT2D eigenvalue weighted by Gasteiger charge is -2.43. The summed E-state index contributed by atoms with van der Waals surface area (Å²) in [6, 6.07) is 8.82. The van der Waals surface area contributed by atoms with Crippen LogP contribution in [0.5, 0.6) is 5.75 Å². The van der Waals surface area contributed by atoms with Crippen molar-refractivity contribution < 1.29 is 4.74 Å². The summed E-state index contributed by atoms with van der Waals surface area (Å²) in [7, 11) is 1.76. The molecule has 0 saturated carbocycles. The molecule has 5 heteroatoms. The molecule has 1 fully saturated rings. The Balaban J connectivity index is 0.00000200. The van der Waals surface area contributed by atoms with E-state index in [4.69, 9.17) is 4.74 Å². The minimum Gasteiger partial charge on any atom is -0.496 e. The fourth-order valence-corrected chi connectivity index (χ4v) is 3.04. The van der Waals surface area contributed by atoms with E-state index in [1.165, 1.54) is 5.56 Å². The van der Waals surface area contributed by atoms with Gasteiger partial charge in [0.15, 0.2) is 0 Å². The molecule has 1 aromatic rings. The third-order valence-corrected chi connectivity index (χ3v) is 3.77. The van der Waals surface area contributed by atoms with E-state index < -0.39 is 0 Å². The Morgan fingerprint density at radius 1 is 1.10 bits per heavy atom. The minimum absolute atomic E-state index is 0. The molecule has 1 aromatic carbocycles. The Labute approximate surface area is 141 Å². The topological polar surface area (TPSA) is 24.5 Å². The molecule has 1 saturated heterocycles. The summed E-state index contributed by atoms with van der Waals surface area (Å²) in [6.07, 6.45) is 0. The number of hydrogen-bond acceptors (Lipinski definition) is 3. The molecule has 0 bridgehead atoms. The average Bonchev–Trinajstić information content (AvgIpc) is 2.39. The van der Waals surface area contributed by atoms with Crippen LogP contribution >= 0.6 is 24.8 Å². The number of halogens is 2. The highest BCUT2D eigenvalue weighted by atomic mass is 35.5. The van der Waals surface area contributed by atoms with E-state index >= 15 is 0 Å². The van der Waals surface area contributed by atoms with Crippen LogP contribution < -0.4 is 10.1 Å². The van der Waals surface area contributed by atoms with Crippen molar-refractivity contribution >= 4 is 24.8 Å². The van der Waals surface area contributed by atoms with Crippen molar-refractivity contribution in [1.82, 2.24) is 10.2 Å². The molecule has 2 rings (SSSR count). The molecule has 0 aromatic heterocycles. The minimum atomic E-state index is 0. The number of para-hydroxylation sites is 1. The number of methoxy groups -OCH3 is 1. The van der Waals surface area contributed by atoms with Crippen LogP contribution in [0.3, 0.4) is 0 Å². The van der Waals surface area contributed by atoms with E-state index in [9.17, 15) is 0 Å². The summed E-state index contributed by atoms with van der Waals surface area (Å²) in [5.74, 6) is 1.00. The molecular weight excluding hydrogens is 307 g/mol. The van der Waals surface area contributed by atoms with Gasteiger partial charge in [0.1, 0.15) is 5.75 Å². The molecule has 1 aliphatic heterocycles. The fraction of sp³-hybridized carbons (Fsp3) is 0.625. The zero-order valence-corrected chi connectivity index (χ0v) is 15.0. The van der Waals surface area contributed by atoms with Gasteiger partial charge in [0.05, 0.1) is 7.11 Å². The zero-order chi connectivity index (χ0) is 13.9. The Kier molecular flexibility index (Phi) is 8.64. The van der Waals surface area contributed by atoms with Gasteiger partial charge in [-0.25, -0.2) is 0 Å². The number of nitrogens with one attached hydrogen (secondary N) is 1. The second-order valence-corrected chi connectivity index (χ2v) is 6.30. The first kappa shape index (κ1) is 20.5. The van der Waals surface area contributed by atoms with Gasteiger partial charge in [-0.2, -0.15) is 0 Å². The first-order valence-electron chi connectivity index (χ1n) is 7.11. The highest BCUT2D eigenvalue weighted by molar-refractivity contribution is 5.85. The summed E-state index contributed by atoms with van der Waals surface area (Å²) in [5, 5.41) is 3.43. The maximum atomic E-state index is 5.57. The van der Waals surface area contributed by atoms with Crippen LogP contribution in [-0.2, 0) is 0 Å². The van der Waals surface area contributed by atoms with E-state index in [0.29, 0.717) is 6.04 Å². The monoisotopic (exact) mass is 334 g/mol. The number of rotatable bonds is 3. The number of ether oxygens (including phenoxy) is 1. The van der Waals surface area contributed by atoms with Gasteiger partial charge in [-0.3, -0.25) is 4.90 Å². The van der Waals surface area contributed by atoms with Crippen LogP contribution in [0.2, 0.25) is 0 Å². The van der Waals surface area contributed by atoms with Crippen LogP contribution in [0, 0.1) is 5.41 Å². The summed E-state index contributed by atoms with van der Waals surface area (Å²) < 4.78 is 5.57. The lowest BCUT2D eigenvalue weighted by molar-refractivity contribution is 0.0842. The number of nitrogens with zero attached hydrogens (tertiary/aromatic N) is 1. The quantitative estimate of drug-likeness (QED) is 0.915. The van der Waals surface area contributed by atoms with Crippen molar-refractivity contribution in [3.63, 3.8) is 0 Å². The molecule has 1 atom stereocenters. The third kappa shape index (κ3) is 5.03. The first-order valence-corrected chi connectivity index (χ1v) is 7.11. The molecule has 122 valence electrons. The summed E-state index contributed by atoms with van der Waals surface area (Å²) in [6.45, 7) is 11.3. The molecule has 0 amide bonds. The largest absolute Gasteiger partial charge is 0.496 e. The van der Waals surface area contributed by atoms with Crippen LogP contribution in [0.25, 0.3) is 0 Å². The normalized spacial score (nSPS) is 17.3. The van der Waals surface area contributed by atoms with Gasteiger partial charge >= 0.3 is 0 Å². The van der Waals surface area contributed by atoms with Crippen molar-refractivity contribution in [3.8, 4) is 5.75 Å². The molecule has 3 nitrogen and oxygen atoms in total. The summed E-state index contributed by atoms with van der Waals surface area (Å²) in [4.78, 5) is 2.58. The Morgan fingerprint density at radius 3 is 2.19 bits per heavy atom. The molecule has 0 aliphatic carbocycles. The predicted molar refractivity (Wildman–Crippen MR) is 94.1 cm³/mol. The van der Waals surface area contributed by atoms with Crippen LogP contribution in [0.4, 0.5) is 0 Å². The van der Waals surface area contributed by atoms with Gasteiger partial charge in [-0.15, -0.1) is 24.8 Å². The fourth-order valence-electron chi connectivity index (χ4n) is 3.04. The van der Waals surface area contributed by atoms with Gasteiger partial charge in [-0.05, 0) is 11.5 Å². The van der Waals surface area contributed by atoms with Crippen LogP contribution in [0.15, 0.2) is 24.3 Å². The molecule has 0 spiro atoms. The average molecular weight is 335 g/mol. The van der Waals surface area contributed by atoms with Gasteiger partial charge in [0.25, 0.3) is 0 Å². The molecule has 1 aliphatic rings. The molecule has 1 heterocycles. The highest BCUT2D eigenvalue weighted by Crippen LogP contribution is 2.41. The van der Waals surface area contributed by atoms with E-state index in [1.54, 1.807) is 7.11 Å². The molecular formula is C16H28Cl2N2O. The van der Waals surface area contributed by atoms with Crippen LogP contribution in [0.1, 0.15) is 32.4 Å². The van der Waals surface area contributed by atoms with Crippen molar-refractivity contribution in [2.24, 2.45) is 5.41 Å². The molecule has 0 unspecified atom stereocenters. The van der Waals surface area contributed by atoms with Crippen molar-refractivity contribution in [3.05, 3.63) is 29.8 Å². The predicted octanol–water partition coefficient (Wildman–Crippen LogP) is 3.53. The standard InChI is InChI=1S/C16H26N2O.2ClH/c1-16(2,3)15(18-11-9-17-10-12-18)13-7-5-6-8-14(13)19-4;;/h5-8,15,17H,9-12H2,1-4H3;2*1H/t15-;;/m1../s1. The smallest absolute Gasteiger partial charge is 0.123 e. The molecule has 1 N–H and O–H groups in total. The summed E-state index contributed by atoms with van der Waals surface area (Å²) >= 11 is 0. The third-order valence-electron chi connectivity index (χ3n) is 3.77. The van der Waals surface area contributed by atoms with E-state index in [2.05, 4.69) is 49.2 Å². The molecule has 21 heavy (non-hydrogen) atoms. The number of hydrogen-bond donors (Lipinski definition) is 1. The van der Waals surface area contributed by atoms with E-state index in [-0.39, 0.29) is 30.2 Å². The molecule has 0 radical (unpaired) electrons. The van der Waals surface area contributed by atoms with Gasteiger partial charge in [-0.1, -0.05) is 39.0 Å². The first-order chi connectivity index (χ1) is 9.04. The number of benzene rings is 1. The zero-order valence-electron chi connectivity index (χ0n) is 13.4. The SMILES string of the molecule is COc1ccccc1[C@@H](N1CCNCC1)C(C)(C)C.Cl.Cl. The second kappa shape index (κ2) is 8.84. The Bertz CT molecular complexity index is 415. The van der Waals surface area contributed by atoms with Gasteiger partial charge < -0.3 is 10.1 Å². The van der Waals surface area contributed by atoms with Gasteiger partial charge in [0.2, 0.25) is 0 Å². The van der Waals surface area contributed by atoms with Crippen molar-refractivity contribution in [2.75, 3.05) is 33.3 Å². The van der Waals surface area contributed by atoms with Crippen LogP contribution in [-0.4, -0.2) is 38.2 Å². The second-order valence-electron chi connectivity index (χ2n) is 6.30. The van der Waals surface area contributed by atoms with E-state index in [0.717, 1.165) is 31.9 Å². The van der Waals surface area contributed by atoms with Crippen molar-refractivity contribution in [1.29, 1.82) is 0 Å². The van der Waals surface area contributed by atoms with Crippen molar-refractivity contribution in [2.45, 2.75) is 26.8 Å². The van der Waals surface area contributed by atoms with E-state index in [1.807, 2.05) is 6.07 Å².